The van der Waals surface area contributed by atoms with Gasteiger partial charge in [-0.1, -0.05) is 0 Å². The van der Waals surface area contributed by atoms with Crippen LogP contribution in [-0.2, 0) is 16.0 Å². The highest BCUT2D eigenvalue weighted by atomic mass is 32.1. The molecule has 80 valence electrons. The SMILES string of the molecule is COC(=O)Cc1csc2nc(F)c(S)n12. The number of aromatic nitrogens is 2. The fourth-order valence-corrected chi connectivity index (χ4v) is 2.44. The minimum atomic E-state index is -0.628. The fourth-order valence-electron chi connectivity index (χ4n) is 1.22. The van der Waals surface area contributed by atoms with Crippen molar-refractivity contribution in [2.45, 2.75) is 11.4 Å². The number of methoxy groups -OCH3 is 1. The number of nitrogens with zero attached hydrogens (tertiary/aromatic N) is 2. The van der Waals surface area contributed by atoms with Crippen molar-refractivity contribution in [1.29, 1.82) is 0 Å². The van der Waals surface area contributed by atoms with Crippen molar-refractivity contribution in [1.82, 2.24) is 9.38 Å². The molecule has 2 aromatic heterocycles. The van der Waals surface area contributed by atoms with Gasteiger partial charge in [-0.15, -0.1) is 24.0 Å². The molecule has 0 N–H and O–H groups in total. The van der Waals surface area contributed by atoms with Crippen LogP contribution in [0.1, 0.15) is 5.69 Å². The second-order valence-corrected chi connectivity index (χ2v) is 4.08. The van der Waals surface area contributed by atoms with Gasteiger partial charge in [-0.2, -0.15) is 9.37 Å². The molecular weight excluding hydrogens is 239 g/mol. The predicted molar refractivity (Wildman–Crippen MR) is 56.0 cm³/mol. The third-order valence-electron chi connectivity index (χ3n) is 1.92. The fraction of sp³-hybridized carbons (Fsp3) is 0.250. The third kappa shape index (κ3) is 1.72. The largest absolute Gasteiger partial charge is 0.469 e. The normalized spacial score (nSPS) is 10.9. The minimum Gasteiger partial charge on any atom is -0.469 e. The lowest BCUT2D eigenvalue weighted by atomic mass is 10.3. The van der Waals surface area contributed by atoms with Gasteiger partial charge in [0.25, 0.3) is 0 Å². The van der Waals surface area contributed by atoms with Crippen LogP contribution >= 0.6 is 24.0 Å². The highest BCUT2D eigenvalue weighted by Crippen LogP contribution is 2.23. The number of thiol groups is 1. The van der Waals surface area contributed by atoms with Crippen molar-refractivity contribution in [3.63, 3.8) is 0 Å². The van der Waals surface area contributed by atoms with Gasteiger partial charge in [0.05, 0.1) is 13.5 Å². The van der Waals surface area contributed by atoms with Gasteiger partial charge in [0, 0.05) is 11.1 Å². The Morgan fingerprint density at radius 1 is 1.80 bits per heavy atom. The summed E-state index contributed by atoms with van der Waals surface area (Å²) >= 11 is 5.24. The smallest absolute Gasteiger partial charge is 0.311 e. The van der Waals surface area contributed by atoms with E-state index in [1.165, 1.54) is 22.8 Å². The molecule has 0 aliphatic carbocycles. The summed E-state index contributed by atoms with van der Waals surface area (Å²) in [6.07, 6.45) is 0.0832. The molecule has 0 bridgehead atoms. The standard InChI is InChI=1S/C8H7FN2O2S2/c1-13-5(12)2-4-3-15-8-10-6(9)7(14)11(4)8/h3,14H,2H2,1H3. The molecule has 2 heterocycles. The molecule has 0 spiro atoms. The summed E-state index contributed by atoms with van der Waals surface area (Å²) in [7, 11) is 1.31. The van der Waals surface area contributed by atoms with Crippen molar-refractivity contribution in [2.75, 3.05) is 7.11 Å². The van der Waals surface area contributed by atoms with Gasteiger partial charge in [0.1, 0.15) is 5.03 Å². The van der Waals surface area contributed by atoms with E-state index in [2.05, 4.69) is 22.3 Å². The lowest BCUT2D eigenvalue weighted by Crippen LogP contribution is -2.06. The Labute approximate surface area is 94.1 Å². The Morgan fingerprint density at radius 3 is 3.20 bits per heavy atom. The van der Waals surface area contributed by atoms with Gasteiger partial charge in [-0.25, -0.2) is 0 Å². The molecule has 4 nitrogen and oxygen atoms in total. The number of carbonyl (C=O) groups excluding carboxylic acids is 1. The predicted octanol–water partition coefficient (Wildman–Crippen LogP) is 1.54. The molecule has 0 amide bonds. The maximum atomic E-state index is 13.0. The number of imidazole rings is 1. The maximum Gasteiger partial charge on any atom is 0.311 e. The van der Waals surface area contributed by atoms with Gasteiger partial charge in [-0.05, 0) is 0 Å². The first-order valence-electron chi connectivity index (χ1n) is 4.03. The average molecular weight is 246 g/mol. The van der Waals surface area contributed by atoms with Crippen LogP contribution in [0.2, 0.25) is 0 Å². The molecule has 2 rings (SSSR count). The molecular formula is C8H7FN2O2S2. The number of hydrogen-bond donors (Lipinski definition) is 1. The first-order chi connectivity index (χ1) is 7.13. The van der Waals surface area contributed by atoms with E-state index in [0.717, 1.165) is 0 Å². The van der Waals surface area contributed by atoms with E-state index < -0.39 is 5.95 Å². The third-order valence-corrected chi connectivity index (χ3v) is 3.18. The van der Waals surface area contributed by atoms with Crippen LogP contribution in [0.3, 0.4) is 0 Å². The molecule has 0 saturated heterocycles. The number of carbonyl (C=O) groups is 1. The van der Waals surface area contributed by atoms with E-state index in [1.807, 2.05) is 0 Å². The summed E-state index contributed by atoms with van der Waals surface area (Å²) in [5.41, 5.74) is 0.628. The van der Waals surface area contributed by atoms with Crippen molar-refractivity contribution in [2.24, 2.45) is 0 Å². The zero-order valence-corrected chi connectivity index (χ0v) is 9.44. The first-order valence-corrected chi connectivity index (χ1v) is 5.36. The first kappa shape index (κ1) is 10.4. The van der Waals surface area contributed by atoms with E-state index in [4.69, 9.17) is 0 Å². The number of thiazole rings is 1. The molecule has 0 aliphatic rings. The van der Waals surface area contributed by atoms with Gasteiger partial charge < -0.3 is 4.74 Å². The quantitative estimate of drug-likeness (QED) is 0.645. The number of fused-ring (bicyclic) bond motifs is 1. The zero-order chi connectivity index (χ0) is 11.0. The number of rotatable bonds is 2. The summed E-state index contributed by atoms with van der Waals surface area (Å²) in [6, 6.07) is 0. The summed E-state index contributed by atoms with van der Waals surface area (Å²) in [5, 5.41) is 1.85. The van der Waals surface area contributed by atoms with Gasteiger partial charge >= 0.3 is 5.97 Å². The van der Waals surface area contributed by atoms with Crippen LogP contribution < -0.4 is 0 Å². The Morgan fingerprint density at radius 2 is 2.53 bits per heavy atom. The molecule has 0 fully saturated rings. The summed E-state index contributed by atoms with van der Waals surface area (Å²) in [5.74, 6) is -1.01. The molecule has 0 saturated carbocycles. The van der Waals surface area contributed by atoms with Crippen molar-refractivity contribution in [3.05, 3.63) is 17.0 Å². The second-order valence-electron chi connectivity index (χ2n) is 2.82. The topological polar surface area (TPSA) is 43.6 Å². The Balaban J connectivity index is 2.47. The lowest BCUT2D eigenvalue weighted by Gasteiger charge is -1.98. The van der Waals surface area contributed by atoms with E-state index in [9.17, 15) is 9.18 Å². The molecule has 0 unspecified atom stereocenters. The van der Waals surface area contributed by atoms with Crippen LogP contribution in [0.25, 0.3) is 4.96 Å². The van der Waals surface area contributed by atoms with Gasteiger partial charge in [0.15, 0.2) is 4.96 Å². The average Bonchev–Trinajstić information content (AvgIpc) is 2.71. The highest BCUT2D eigenvalue weighted by molar-refractivity contribution is 7.80. The molecule has 7 heteroatoms. The van der Waals surface area contributed by atoms with E-state index in [0.29, 0.717) is 10.7 Å². The van der Waals surface area contributed by atoms with E-state index >= 15 is 0 Å². The summed E-state index contributed by atoms with van der Waals surface area (Å²) in [4.78, 5) is 15.2. The molecule has 0 aliphatic heterocycles. The van der Waals surface area contributed by atoms with E-state index in [1.54, 1.807) is 5.38 Å². The number of halogens is 1. The van der Waals surface area contributed by atoms with Gasteiger partial charge in [-0.3, -0.25) is 9.20 Å². The number of ether oxygens (including phenoxy) is 1. The molecule has 2 aromatic rings. The van der Waals surface area contributed by atoms with Crippen LogP contribution in [0.5, 0.6) is 0 Å². The molecule has 0 atom stereocenters. The van der Waals surface area contributed by atoms with Crippen molar-refractivity contribution >= 4 is 34.9 Å². The molecule has 15 heavy (non-hydrogen) atoms. The number of esters is 1. The number of hydrogen-bond acceptors (Lipinski definition) is 5. The maximum absolute atomic E-state index is 13.0. The Kier molecular flexibility index (Phi) is 2.66. The summed E-state index contributed by atoms with van der Waals surface area (Å²) in [6.45, 7) is 0. The lowest BCUT2D eigenvalue weighted by molar-refractivity contribution is -0.139. The monoisotopic (exact) mass is 246 g/mol. The van der Waals surface area contributed by atoms with Crippen molar-refractivity contribution < 1.29 is 13.9 Å². The zero-order valence-electron chi connectivity index (χ0n) is 7.73. The van der Waals surface area contributed by atoms with Gasteiger partial charge in [0.2, 0.25) is 5.95 Å². The Bertz CT molecular complexity index is 520. The van der Waals surface area contributed by atoms with Crippen LogP contribution in [0, 0.1) is 5.95 Å². The molecule has 0 aromatic carbocycles. The van der Waals surface area contributed by atoms with Crippen molar-refractivity contribution in [3.8, 4) is 0 Å². The van der Waals surface area contributed by atoms with E-state index in [-0.39, 0.29) is 17.4 Å². The highest BCUT2D eigenvalue weighted by Gasteiger charge is 2.15. The second kappa shape index (κ2) is 3.82. The summed E-state index contributed by atoms with van der Waals surface area (Å²) < 4.78 is 19.1. The van der Waals surface area contributed by atoms with Crippen LogP contribution in [-0.4, -0.2) is 22.5 Å². The minimum absolute atomic E-state index is 0.0832. The van der Waals surface area contributed by atoms with Crippen LogP contribution in [0.4, 0.5) is 4.39 Å². The van der Waals surface area contributed by atoms with Crippen LogP contribution in [0.15, 0.2) is 10.4 Å². The molecule has 0 radical (unpaired) electrons. The Hall–Kier alpha value is -1.08.